The van der Waals surface area contributed by atoms with Gasteiger partial charge in [0, 0.05) is 0 Å². The summed E-state index contributed by atoms with van der Waals surface area (Å²) in [6.45, 7) is 5.68. The molecule has 2 aromatic rings. The molecule has 1 fully saturated rings. The van der Waals surface area contributed by atoms with Gasteiger partial charge in [0.15, 0.2) is 11.9 Å². The Labute approximate surface area is 166 Å². The Morgan fingerprint density at radius 2 is 1.61 bits per heavy atom. The summed E-state index contributed by atoms with van der Waals surface area (Å²) in [5.41, 5.74) is 1.43. The number of carbonyl (C=O) groups excluding carboxylic acids is 1. The van der Waals surface area contributed by atoms with Crippen molar-refractivity contribution in [1.29, 1.82) is 0 Å². The van der Waals surface area contributed by atoms with E-state index in [2.05, 4.69) is 0 Å². The second-order valence-electron chi connectivity index (χ2n) is 7.08. The van der Waals surface area contributed by atoms with E-state index in [1.165, 1.54) is 0 Å². The van der Waals surface area contributed by atoms with Crippen LogP contribution in [0.15, 0.2) is 85.0 Å². The van der Waals surface area contributed by atoms with E-state index in [9.17, 15) is 4.79 Å². The number of allylic oxidation sites excluding steroid dienone is 3. The molecule has 0 spiro atoms. The van der Waals surface area contributed by atoms with Crippen molar-refractivity contribution in [2.24, 2.45) is 0 Å². The zero-order valence-corrected chi connectivity index (χ0v) is 16.4. The van der Waals surface area contributed by atoms with Crippen LogP contribution in [0.4, 0.5) is 0 Å². The maximum Gasteiger partial charge on any atom is 0.338 e. The Balaban J connectivity index is 1.95. The first kappa shape index (κ1) is 20.1. The van der Waals surface area contributed by atoms with E-state index in [-0.39, 0.29) is 0 Å². The Hall–Kier alpha value is -2.69. The van der Waals surface area contributed by atoms with Crippen molar-refractivity contribution in [2.45, 2.75) is 44.9 Å². The molecule has 0 bridgehead atoms. The van der Waals surface area contributed by atoms with Gasteiger partial charge in [-0.25, -0.2) is 4.79 Å². The lowest BCUT2D eigenvalue weighted by molar-refractivity contribution is -0.324. The van der Waals surface area contributed by atoms with Crippen LogP contribution >= 0.6 is 0 Å². The molecular weight excluding hydrogens is 352 g/mol. The lowest BCUT2D eigenvalue weighted by Gasteiger charge is -2.44. The van der Waals surface area contributed by atoms with Crippen molar-refractivity contribution < 1.29 is 19.0 Å². The molecule has 3 rings (SSSR count). The minimum absolute atomic E-state index is 0.400. The Morgan fingerprint density at radius 3 is 2.25 bits per heavy atom. The molecule has 0 amide bonds. The number of ether oxygens (including phenoxy) is 3. The molecule has 0 radical (unpaired) electrons. The van der Waals surface area contributed by atoms with Gasteiger partial charge in [-0.3, -0.25) is 0 Å². The van der Waals surface area contributed by atoms with E-state index in [1.807, 2.05) is 93.6 Å². The number of benzene rings is 2. The summed E-state index contributed by atoms with van der Waals surface area (Å²) in [5.74, 6) is -1.22. The molecule has 0 unspecified atom stereocenters. The van der Waals surface area contributed by atoms with Gasteiger partial charge < -0.3 is 14.2 Å². The van der Waals surface area contributed by atoms with Crippen LogP contribution in [0.1, 0.15) is 42.8 Å². The fourth-order valence-corrected chi connectivity index (χ4v) is 3.20. The van der Waals surface area contributed by atoms with Gasteiger partial charge in [0.05, 0.1) is 5.56 Å². The summed E-state index contributed by atoms with van der Waals surface area (Å²) in [4.78, 5) is 12.8. The molecule has 146 valence electrons. The van der Waals surface area contributed by atoms with E-state index >= 15 is 0 Å². The first-order chi connectivity index (χ1) is 13.5. The predicted octanol–water partition coefficient (Wildman–Crippen LogP) is 5.24. The second-order valence-corrected chi connectivity index (χ2v) is 7.08. The summed E-state index contributed by atoms with van der Waals surface area (Å²) in [5, 5.41) is 0. The van der Waals surface area contributed by atoms with Crippen molar-refractivity contribution in [3.8, 4) is 0 Å². The standard InChI is InChI=1S/C24H26O4/c1-4-5-8-17-20-22(26-23(25)19-15-11-7-12-16-19)21(28-24(2,3)27-20)18-13-9-6-10-14-18/h4-17,20-22H,1-3H3/b5-4+,17-8+/t20-,21+,22-/m0/s1. The van der Waals surface area contributed by atoms with Gasteiger partial charge in [0.2, 0.25) is 0 Å². The normalized spacial score (nSPS) is 24.5. The first-order valence-corrected chi connectivity index (χ1v) is 9.46. The van der Waals surface area contributed by atoms with Gasteiger partial charge in [-0.1, -0.05) is 72.8 Å². The fraction of sp³-hybridized carbons (Fsp3) is 0.292. The number of hydrogen-bond acceptors (Lipinski definition) is 4. The lowest BCUT2D eigenvalue weighted by atomic mass is 9.97. The number of esters is 1. The van der Waals surface area contributed by atoms with Gasteiger partial charge in [-0.2, -0.15) is 0 Å². The highest BCUT2D eigenvalue weighted by Crippen LogP contribution is 2.38. The van der Waals surface area contributed by atoms with Crippen molar-refractivity contribution in [1.82, 2.24) is 0 Å². The van der Waals surface area contributed by atoms with Crippen LogP contribution in [0.3, 0.4) is 0 Å². The van der Waals surface area contributed by atoms with Crippen LogP contribution in [0.2, 0.25) is 0 Å². The van der Waals surface area contributed by atoms with Gasteiger partial charge in [0.25, 0.3) is 0 Å². The third-order valence-electron chi connectivity index (χ3n) is 4.44. The minimum Gasteiger partial charge on any atom is -0.452 e. The zero-order chi connectivity index (χ0) is 20.0. The highest BCUT2D eigenvalue weighted by atomic mass is 16.7. The van der Waals surface area contributed by atoms with Crippen LogP contribution in [0.5, 0.6) is 0 Å². The number of hydrogen-bond donors (Lipinski definition) is 0. The highest BCUT2D eigenvalue weighted by molar-refractivity contribution is 5.89. The topological polar surface area (TPSA) is 44.8 Å². The summed E-state index contributed by atoms with van der Waals surface area (Å²) < 4.78 is 18.2. The SMILES string of the molecule is C/C=C/C=C/[C@@H]1OC(C)(C)O[C@H](c2ccccc2)[C@H]1OC(=O)c1ccccc1. The third kappa shape index (κ3) is 4.97. The predicted molar refractivity (Wildman–Crippen MR) is 109 cm³/mol. The highest BCUT2D eigenvalue weighted by Gasteiger charge is 2.45. The van der Waals surface area contributed by atoms with Gasteiger partial charge in [-0.15, -0.1) is 0 Å². The fourth-order valence-electron chi connectivity index (χ4n) is 3.20. The Morgan fingerprint density at radius 1 is 0.964 bits per heavy atom. The van der Waals surface area contributed by atoms with E-state index in [0.717, 1.165) is 5.56 Å². The molecule has 28 heavy (non-hydrogen) atoms. The molecule has 2 aromatic carbocycles. The first-order valence-electron chi connectivity index (χ1n) is 9.46. The molecule has 3 atom stereocenters. The van der Waals surface area contributed by atoms with Crippen LogP contribution < -0.4 is 0 Å². The molecule has 1 aliphatic heterocycles. The summed E-state index contributed by atoms with van der Waals surface area (Å²) >= 11 is 0. The quantitative estimate of drug-likeness (QED) is 0.527. The molecule has 1 saturated heterocycles. The number of rotatable bonds is 5. The second kappa shape index (κ2) is 9.00. The van der Waals surface area contributed by atoms with Crippen LogP contribution in [0, 0.1) is 0 Å². The van der Waals surface area contributed by atoms with E-state index in [1.54, 1.807) is 12.1 Å². The van der Waals surface area contributed by atoms with Gasteiger partial charge >= 0.3 is 5.97 Å². The van der Waals surface area contributed by atoms with Crippen LogP contribution in [-0.2, 0) is 14.2 Å². The Bertz CT molecular complexity index is 824. The van der Waals surface area contributed by atoms with E-state index in [0.29, 0.717) is 5.56 Å². The van der Waals surface area contributed by atoms with Gasteiger partial charge in [-0.05, 0) is 38.5 Å². The average Bonchev–Trinajstić information content (AvgIpc) is 2.70. The zero-order valence-electron chi connectivity index (χ0n) is 16.4. The molecule has 0 aromatic heterocycles. The molecule has 0 aliphatic carbocycles. The third-order valence-corrected chi connectivity index (χ3v) is 4.44. The maximum atomic E-state index is 12.8. The molecular formula is C24H26O4. The average molecular weight is 378 g/mol. The molecule has 4 heteroatoms. The maximum absolute atomic E-state index is 12.8. The number of carbonyl (C=O) groups is 1. The molecule has 0 saturated carbocycles. The summed E-state index contributed by atoms with van der Waals surface area (Å²) in [7, 11) is 0. The largest absolute Gasteiger partial charge is 0.452 e. The van der Waals surface area contributed by atoms with Crippen molar-refractivity contribution >= 4 is 5.97 Å². The molecule has 1 heterocycles. The summed E-state index contributed by atoms with van der Waals surface area (Å²) in [6, 6.07) is 18.7. The van der Waals surface area contributed by atoms with Crippen LogP contribution in [0.25, 0.3) is 0 Å². The molecule has 0 N–H and O–H groups in total. The van der Waals surface area contributed by atoms with E-state index in [4.69, 9.17) is 14.2 Å². The molecule has 1 aliphatic rings. The smallest absolute Gasteiger partial charge is 0.338 e. The van der Waals surface area contributed by atoms with Crippen LogP contribution in [-0.4, -0.2) is 24.0 Å². The minimum atomic E-state index is -0.818. The lowest BCUT2D eigenvalue weighted by Crippen LogP contribution is -2.51. The van der Waals surface area contributed by atoms with Gasteiger partial charge in [0.1, 0.15) is 12.2 Å². The van der Waals surface area contributed by atoms with Crippen molar-refractivity contribution in [3.05, 3.63) is 96.1 Å². The molecule has 4 nitrogen and oxygen atoms in total. The van der Waals surface area contributed by atoms with E-state index < -0.39 is 30.1 Å². The Kier molecular flexibility index (Phi) is 6.45. The monoisotopic (exact) mass is 378 g/mol. The van der Waals surface area contributed by atoms with Crippen molar-refractivity contribution in [3.63, 3.8) is 0 Å². The van der Waals surface area contributed by atoms with Crippen molar-refractivity contribution in [2.75, 3.05) is 0 Å². The summed E-state index contributed by atoms with van der Waals surface area (Å²) in [6.07, 6.45) is 6.14.